The molecule has 0 aromatic heterocycles. The highest BCUT2D eigenvalue weighted by Crippen LogP contribution is 2.32. The lowest BCUT2D eigenvalue weighted by atomic mass is 9.87. The number of fused-ring (bicyclic) bond motifs is 1. The van der Waals surface area contributed by atoms with Gasteiger partial charge >= 0.3 is 0 Å². The molecule has 3 rings (SSSR count). The molecule has 1 aromatic carbocycles. The highest BCUT2D eigenvalue weighted by atomic mass is 16.6. The van der Waals surface area contributed by atoms with E-state index in [1.165, 1.54) is 0 Å². The normalized spacial score (nSPS) is 23.9. The minimum Gasteiger partial charge on any atom is -0.486 e. The first-order valence-electron chi connectivity index (χ1n) is 6.90. The van der Waals surface area contributed by atoms with E-state index < -0.39 is 0 Å². The van der Waals surface area contributed by atoms with Crippen molar-refractivity contribution in [3.63, 3.8) is 0 Å². The molecule has 108 valence electrons. The van der Waals surface area contributed by atoms with Crippen molar-refractivity contribution in [1.29, 1.82) is 0 Å². The standard InChI is InChI=1S/C15H19NO4/c1-16(11-4-6-12(11)18-2)15(17)10-3-5-13-14(9-10)20-8-7-19-13/h3,5,9,11-12H,4,6-8H2,1-2H3. The number of carbonyl (C=O) groups excluding carboxylic acids is 1. The topological polar surface area (TPSA) is 48.0 Å². The fourth-order valence-corrected chi connectivity index (χ4v) is 2.70. The van der Waals surface area contributed by atoms with Crippen LogP contribution in [0.4, 0.5) is 0 Å². The molecule has 1 saturated carbocycles. The van der Waals surface area contributed by atoms with Crippen LogP contribution in [0.3, 0.4) is 0 Å². The monoisotopic (exact) mass is 277 g/mol. The molecule has 2 unspecified atom stereocenters. The molecular formula is C15H19NO4. The van der Waals surface area contributed by atoms with Crippen LogP contribution in [0.1, 0.15) is 23.2 Å². The summed E-state index contributed by atoms with van der Waals surface area (Å²) in [5, 5.41) is 0. The largest absolute Gasteiger partial charge is 0.486 e. The van der Waals surface area contributed by atoms with Crippen LogP contribution in [0.25, 0.3) is 0 Å². The fraction of sp³-hybridized carbons (Fsp3) is 0.533. The van der Waals surface area contributed by atoms with Gasteiger partial charge in [-0.05, 0) is 31.0 Å². The van der Waals surface area contributed by atoms with E-state index in [1.807, 2.05) is 7.05 Å². The number of nitrogens with zero attached hydrogens (tertiary/aromatic N) is 1. The van der Waals surface area contributed by atoms with Crippen molar-refractivity contribution >= 4 is 5.91 Å². The summed E-state index contributed by atoms with van der Waals surface area (Å²) in [7, 11) is 3.52. The fourth-order valence-electron chi connectivity index (χ4n) is 2.70. The minimum absolute atomic E-state index is 0.00581. The molecule has 1 amide bonds. The van der Waals surface area contributed by atoms with Crippen molar-refractivity contribution in [2.75, 3.05) is 27.4 Å². The van der Waals surface area contributed by atoms with E-state index in [0.717, 1.165) is 12.8 Å². The first kappa shape index (κ1) is 13.2. The van der Waals surface area contributed by atoms with Crippen LogP contribution in [0.15, 0.2) is 18.2 Å². The molecule has 0 saturated heterocycles. The van der Waals surface area contributed by atoms with Gasteiger partial charge in [0.05, 0.1) is 12.1 Å². The zero-order chi connectivity index (χ0) is 14.1. The average Bonchev–Trinajstić information content (AvgIpc) is 2.45. The quantitative estimate of drug-likeness (QED) is 0.844. The molecule has 2 aliphatic rings. The number of hydrogen-bond donors (Lipinski definition) is 0. The summed E-state index contributed by atoms with van der Waals surface area (Å²) >= 11 is 0. The van der Waals surface area contributed by atoms with E-state index in [2.05, 4.69) is 0 Å². The summed E-state index contributed by atoms with van der Waals surface area (Å²) in [5.41, 5.74) is 0.624. The lowest BCUT2D eigenvalue weighted by molar-refractivity contribution is -0.0325. The maximum Gasteiger partial charge on any atom is 0.254 e. The Hall–Kier alpha value is -1.75. The van der Waals surface area contributed by atoms with Crippen LogP contribution in [0, 0.1) is 0 Å². The molecule has 5 heteroatoms. The Morgan fingerprint density at radius 3 is 2.65 bits per heavy atom. The lowest BCUT2D eigenvalue weighted by Gasteiger charge is -2.41. The third-order valence-electron chi connectivity index (χ3n) is 4.09. The second-order valence-electron chi connectivity index (χ2n) is 5.19. The molecule has 1 heterocycles. The zero-order valence-corrected chi connectivity index (χ0v) is 11.8. The SMILES string of the molecule is COC1CCC1N(C)C(=O)c1ccc2c(c1)OCCO2. The zero-order valence-electron chi connectivity index (χ0n) is 11.8. The van der Waals surface area contributed by atoms with Crippen LogP contribution in [-0.2, 0) is 4.74 Å². The molecule has 1 aromatic rings. The van der Waals surface area contributed by atoms with E-state index in [4.69, 9.17) is 14.2 Å². The minimum atomic E-state index is -0.00581. The van der Waals surface area contributed by atoms with E-state index in [1.54, 1.807) is 30.2 Å². The van der Waals surface area contributed by atoms with Crippen molar-refractivity contribution in [2.45, 2.75) is 25.0 Å². The third-order valence-corrected chi connectivity index (χ3v) is 4.09. The summed E-state index contributed by atoms with van der Waals surface area (Å²) in [5.74, 6) is 1.34. The Bertz CT molecular complexity index is 515. The van der Waals surface area contributed by atoms with Gasteiger partial charge in [0.2, 0.25) is 0 Å². The molecule has 2 atom stereocenters. The molecule has 1 aliphatic heterocycles. The van der Waals surface area contributed by atoms with Gasteiger partial charge in [0.15, 0.2) is 11.5 Å². The van der Waals surface area contributed by atoms with Crippen LogP contribution < -0.4 is 9.47 Å². The molecule has 5 nitrogen and oxygen atoms in total. The smallest absolute Gasteiger partial charge is 0.254 e. The number of carbonyl (C=O) groups is 1. The Balaban J connectivity index is 1.76. The first-order valence-corrected chi connectivity index (χ1v) is 6.90. The number of likely N-dealkylation sites (N-methyl/N-ethyl adjacent to an activating group) is 1. The summed E-state index contributed by atoms with van der Waals surface area (Å²) in [6.45, 7) is 1.08. The van der Waals surface area contributed by atoms with Gasteiger partial charge in [0, 0.05) is 19.7 Å². The number of benzene rings is 1. The molecule has 0 radical (unpaired) electrons. The van der Waals surface area contributed by atoms with Crippen LogP contribution in [0.2, 0.25) is 0 Å². The summed E-state index contributed by atoms with van der Waals surface area (Å²) < 4.78 is 16.3. The predicted molar refractivity (Wildman–Crippen MR) is 73.3 cm³/mol. The molecule has 1 aliphatic carbocycles. The highest BCUT2D eigenvalue weighted by molar-refractivity contribution is 5.95. The summed E-state index contributed by atoms with van der Waals surface area (Å²) in [6, 6.07) is 5.51. The van der Waals surface area contributed by atoms with E-state index in [9.17, 15) is 4.79 Å². The van der Waals surface area contributed by atoms with E-state index in [0.29, 0.717) is 30.3 Å². The maximum atomic E-state index is 12.5. The van der Waals surface area contributed by atoms with Crippen LogP contribution in [-0.4, -0.2) is 50.3 Å². The van der Waals surface area contributed by atoms with E-state index in [-0.39, 0.29) is 18.1 Å². The molecule has 20 heavy (non-hydrogen) atoms. The summed E-state index contributed by atoms with van der Waals surface area (Å²) in [4.78, 5) is 14.3. The van der Waals surface area contributed by atoms with Crippen molar-refractivity contribution in [3.05, 3.63) is 23.8 Å². The number of ether oxygens (including phenoxy) is 3. The number of rotatable bonds is 3. The lowest BCUT2D eigenvalue weighted by Crippen LogP contribution is -2.51. The third kappa shape index (κ3) is 2.22. The number of methoxy groups -OCH3 is 1. The summed E-state index contributed by atoms with van der Waals surface area (Å²) in [6.07, 6.45) is 2.16. The molecule has 0 bridgehead atoms. The van der Waals surface area contributed by atoms with Gasteiger partial charge in [-0.2, -0.15) is 0 Å². The van der Waals surface area contributed by atoms with Gasteiger partial charge in [-0.15, -0.1) is 0 Å². The molecule has 0 N–H and O–H groups in total. The predicted octanol–water partition coefficient (Wildman–Crippen LogP) is 1.71. The second kappa shape index (κ2) is 5.32. The highest BCUT2D eigenvalue weighted by Gasteiger charge is 2.36. The Morgan fingerprint density at radius 2 is 2.00 bits per heavy atom. The molecular weight excluding hydrogens is 258 g/mol. The molecule has 0 spiro atoms. The second-order valence-corrected chi connectivity index (χ2v) is 5.19. The maximum absolute atomic E-state index is 12.5. The van der Waals surface area contributed by atoms with Crippen molar-refractivity contribution < 1.29 is 19.0 Å². The average molecular weight is 277 g/mol. The number of hydrogen-bond acceptors (Lipinski definition) is 4. The van der Waals surface area contributed by atoms with E-state index >= 15 is 0 Å². The Labute approximate surface area is 118 Å². The van der Waals surface area contributed by atoms with Crippen molar-refractivity contribution in [1.82, 2.24) is 4.90 Å². The van der Waals surface area contributed by atoms with Gasteiger partial charge in [-0.3, -0.25) is 4.79 Å². The number of amides is 1. The van der Waals surface area contributed by atoms with Gasteiger partial charge in [-0.25, -0.2) is 0 Å². The van der Waals surface area contributed by atoms with Crippen molar-refractivity contribution in [3.8, 4) is 11.5 Å². The first-order chi connectivity index (χ1) is 9.70. The Morgan fingerprint density at radius 1 is 1.25 bits per heavy atom. The van der Waals surface area contributed by atoms with Crippen LogP contribution >= 0.6 is 0 Å². The van der Waals surface area contributed by atoms with Crippen LogP contribution in [0.5, 0.6) is 11.5 Å². The van der Waals surface area contributed by atoms with Crippen molar-refractivity contribution in [2.24, 2.45) is 0 Å². The van der Waals surface area contributed by atoms with Gasteiger partial charge in [-0.1, -0.05) is 0 Å². The van der Waals surface area contributed by atoms with Gasteiger partial charge in [0.1, 0.15) is 13.2 Å². The molecule has 1 fully saturated rings. The Kier molecular flexibility index (Phi) is 3.53. The van der Waals surface area contributed by atoms with Gasteiger partial charge < -0.3 is 19.1 Å². The van der Waals surface area contributed by atoms with Gasteiger partial charge in [0.25, 0.3) is 5.91 Å².